The van der Waals surface area contributed by atoms with Crippen LogP contribution in [0.2, 0.25) is 0 Å². The number of nitroso groups, excluding NO2 is 1. The summed E-state index contributed by atoms with van der Waals surface area (Å²) in [6.45, 7) is 2.40. The van der Waals surface area contributed by atoms with Crippen molar-refractivity contribution in [1.82, 2.24) is 9.97 Å². The first-order chi connectivity index (χ1) is 11.7. The molecule has 0 aliphatic carbocycles. The van der Waals surface area contributed by atoms with E-state index >= 15 is 0 Å². The van der Waals surface area contributed by atoms with Crippen molar-refractivity contribution in [2.45, 2.75) is 19.5 Å². The van der Waals surface area contributed by atoms with Crippen LogP contribution in [0.1, 0.15) is 24.1 Å². The van der Waals surface area contributed by atoms with Gasteiger partial charge in [0, 0.05) is 11.9 Å². The van der Waals surface area contributed by atoms with E-state index in [9.17, 15) is 4.91 Å². The number of nitrogens with one attached hydrogen (secondary N) is 1. The molecule has 0 bridgehead atoms. The minimum absolute atomic E-state index is 0.328. The third-order valence-corrected chi connectivity index (χ3v) is 3.92. The van der Waals surface area contributed by atoms with Crippen molar-refractivity contribution in [2.75, 3.05) is 12.4 Å². The highest BCUT2D eigenvalue weighted by atomic mass is 16.5. The average molecular weight is 322 g/mol. The van der Waals surface area contributed by atoms with E-state index in [1.807, 2.05) is 42.5 Å². The number of methoxy groups -OCH3 is 1. The third kappa shape index (κ3) is 3.32. The maximum atomic E-state index is 10.6. The zero-order valence-corrected chi connectivity index (χ0v) is 13.6. The van der Waals surface area contributed by atoms with Crippen molar-refractivity contribution in [1.29, 1.82) is 0 Å². The van der Waals surface area contributed by atoms with E-state index in [-0.39, 0.29) is 6.04 Å². The van der Waals surface area contributed by atoms with Crippen LogP contribution in [0.25, 0.3) is 10.9 Å². The molecule has 6 nitrogen and oxygen atoms in total. The van der Waals surface area contributed by atoms with Crippen LogP contribution in [0.15, 0.2) is 54.0 Å². The summed E-state index contributed by atoms with van der Waals surface area (Å²) in [6, 6.07) is 13.2. The zero-order chi connectivity index (χ0) is 16.9. The second kappa shape index (κ2) is 7.04. The van der Waals surface area contributed by atoms with Crippen molar-refractivity contribution >= 4 is 16.7 Å². The summed E-state index contributed by atoms with van der Waals surface area (Å²) in [5, 5.41) is 7.27. The van der Waals surface area contributed by atoms with Crippen molar-refractivity contribution in [3.8, 4) is 5.75 Å². The van der Waals surface area contributed by atoms with Crippen molar-refractivity contribution in [2.24, 2.45) is 5.18 Å². The van der Waals surface area contributed by atoms with Crippen molar-refractivity contribution < 1.29 is 4.74 Å². The second-order valence-electron chi connectivity index (χ2n) is 5.48. The van der Waals surface area contributed by atoms with Gasteiger partial charge in [0.2, 0.25) is 0 Å². The second-order valence-corrected chi connectivity index (χ2v) is 5.48. The van der Waals surface area contributed by atoms with Gasteiger partial charge in [0.1, 0.15) is 23.9 Å². The number of hydrogen-bond donors (Lipinski definition) is 1. The Labute approximate surface area is 139 Å². The SMILES string of the molecule is COc1ccc2ncnc(NCc3ccc(C(C)N=O)cc3)c2c1. The van der Waals surface area contributed by atoms with Gasteiger partial charge in [-0.15, -0.1) is 0 Å². The van der Waals surface area contributed by atoms with Gasteiger partial charge in [-0.25, -0.2) is 9.97 Å². The van der Waals surface area contributed by atoms with Crippen LogP contribution in [0, 0.1) is 4.91 Å². The first kappa shape index (κ1) is 15.9. The fraction of sp³-hybridized carbons (Fsp3) is 0.222. The van der Waals surface area contributed by atoms with E-state index in [0.717, 1.165) is 33.6 Å². The summed E-state index contributed by atoms with van der Waals surface area (Å²) < 4.78 is 5.27. The van der Waals surface area contributed by atoms with Crippen molar-refractivity contribution in [3.63, 3.8) is 0 Å². The van der Waals surface area contributed by atoms with E-state index in [4.69, 9.17) is 4.74 Å². The van der Waals surface area contributed by atoms with E-state index < -0.39 is 0 Å². The van der Waals surface area contributed by atoms with Crippen LogP contribution in [0.3, 0.4) is 0 Å². The first-order valence-electron chi connectivity index (χ1n) is 7.65. The summed E-state index contributed by atoms with van der Waals surface area (Å²) in [5.41, 5.74) is 2.85. The lowest BCUT2D eigenvalue weighted by molar-refractivity contribution is 0.415. The number of benzene rings is 2. The lowest BCUT2D eigenvalue weighted by atomic mass is 10.1. The van der Waals surface area contributed by atoms with Crippen LogP contribution < -0.4 is 10.1 Å². The normalized spacial score (nSPS) is 11.9. The van der Waals surface area contributed by atoms with Crippen LogP contribution in [0.4, 0.5) is 5.82 Å². The molecule has 0 amide bonds. The topological polar surface area (TPSA) is 76.5 Å². The Kier molecular flexibility index (Phi) is 4.65. The first-order valence-corrected chi connectivity index (χ1v) is 7.65. The molecule has 1 N–H and O–H groups in total. The summed E-state index contributed by atoms with van der Waals surface area (Å²) in [7, 11) is 1.63. The number of rotatable bonds is 6. The van der Waals surface area contributed by atoms with Gasteiger partial charge in [0.15, 0.2) is 0 Å². The Hall–Kier alpha value is -3.02. The number of nitrogens with zero attached hydrogens (tertiary/aromatic N) is 3. The molecule has 0 saturated carbocycles. The number of anilines is 1. The summed E-state index contributed by atoms with van der Waals surface area (Å²) >= 11 is 0. The van der Waals surface area contributed by atoms with Gasteiger partial charge >= 0.3 is 0 Å². The van der Waals surface area contributed by atoms with Crippen LogP contribution in [-0.4, -0.2) is 17.1 Å². The summed E-state index contributed by atoms with van der Waals surface area (Å²) in [6.07, 6.45) is 1.54. The molecule has 1 unspecified atom stereocenters. The molecular formula is C18H18N4O2. The highest BCUT2D eigenvalue weighted by Crippen LogP contribution is 2.24. The molecule has 122 valence electrons. The number of aromatic nitrogens is 2. The van der Waals surface area contributed by atoms with E-state index in [1.165, 1.54) is 6.33 Å². The third-order valence-electron chi connectivity index (χ3n) is 3.92. The maximum Gasteiger partial charge on any atom is 0.137 e. The summed E-state index contributed by atoms with van der Waals surface area (Å²) in [5.74, 6) is 1.52. The lowest BCUT2D eigenvalue weighted by Crippen LogP contribution is -2.03. The molecule has 3 aromatic rings. The molecule has 0 spiro atoms. The maximum absolute atomic E-state index is 10.6. The molecule has 1 heterocycles. The molecule has 2 aromatic carbocycles. The fourth-order valence-corrected chi connectivity index (χ4v) is 2.46. The molecule has 0 saturated heterocycles. The van der Waals surface area contributed by atoms with E-state index in [1.54, 1.807) is 14.0 Å². The lowest BCUT2D eigenvalue weighted by Gasteiger charge is -2.10. The monoisotopic (exact) mass is 322 g/mol. The molecule has 24 heavy (non-hydrogen) atoms. The minimum Gasteiger partial charge on any atom is -0.497 e. The quantitative estimate of drug-likeness (QED) is 0.692. The van der Waals surface area contributed by atoms with Gasteiger partial charge in [0.05, 0.1) is 12.6 Å². The van der Waals surface area contributed by atoms with Gasteiger partial charge in [-0.1, -0.05) is 29.4 Å². The van der Waals surface area contributed by atoms with Gasteiger partial charge in [-0.2, -0.15) is 4.91 Å². The molecule has 0 fully saturated rings. The van der Waals surface area contributed by atoms with Crippen LogP contribution in [0.5, 0.6) is 5.75 Å². The smallest absolute Gasteiger partial charge is 0.137 e. The van der Waals surface area contributed by atoms with Crippen molar-refractivity contribution in [3.05, 3.63) is 64.8 Å². The molecule has 0 aliphatic rings. The molecule has 1 atom stereocenters. The molecule has 0 radical (unpaired) electrons. The summed E-state index contributed by atoms with van der Waals surface area (Å²) in [4.78, 5) is 19.2. The van der Waals surface area contributed by atoms with Crippen LogP contribution >= 0.6 is 0 Å². The molecular weight excluding hydrogens is 304 g/mol. The standard InChI is InChI=1S/C18H18N4O2/c1-12(22-23)14-5-3-13(4-6-14)10-19-18-16-9-15(24-2)7-8-17(16)20-11-21-18/h3-9,11-12H,10H2,1-2H3,(H,19,20,21). The van der Waals surface area contributed by atoms with Crippen LogP contribution in [-0.2, 0) is 6.54 Å². The average Bonchev–Trinajstić information content (AvgIpc) is 2.65. The Morgan fingerprint density at radius 3 is 2.67 bits per heavy atom. The van der Waals surface area contributed by atoms with Gasteiger partial charge in [-0.3, -0.25) is 0 Å². The zero-order valence-electron chi connectivity index (χ0n) is 13.6. The number of fused-ring (bicyclic) bond motifs is 1. The molecule has 1 aromatic heterocycles. The molecule has 3 rings (SSSR count). The molecule has 0 aliphatic heterocycles. The molecule has 6 heteroatoms. The highest BCUT2D eigenvalue weighted by molar-refractivity contribution is 5.89. The fourth-order valence-electron chi connectivity index (χ4n) is 2.46. The largest absolute Gasteiger partial charge is 0.497 e. The Morgan fingerprint density at radius 1 is 1.17 bits per heavy atom. The van der Waals surface area contributed by atoms with Gasteiger partial charge in [-0.05, 0) is 36.2 Å². The Bertz CT molecular complexity index is 849. The number of hydrogen-bond acceptors (Lipinski definition) is 6. The van der Waals surface area contributed by atoms with E-state index in [2.05, 4.69) is 20.5 Å². The minimum atomic E-state index is -0.328. The Balaban J connectivity index is 1.79. The predicted octanol–water partition coefficient (Wildman–Crippen LogP) is 4.08. The Morgan fingerprint density at radius 2 is 1.96 bits per heavy atom. The predicted molar refractivity (Wildman–Crippen MR) is 94.1 cm³/mol. The number of ether oxygens (including phenoxy) is 1. The van der Waals surface area contributed by atoms with Gasteiger partial charge in [0.25, 0.3) is 0 Å². The van der Waals surface area contributed by atoms with E-state index in [0.29, 0.717) is 6.54 Å². The highest BCUT2D eigenvalue weighted by Gasteiger charge is 2.07. The van der Waals surface area contributed by atoms with Gasteiger partial charge < -0.3 is 10.1 Å².